The van der Waals surface area contributed by atoms with Gasteiger partial charge in [0.1, 0.15) is 18.2 Å². The Kier molecular flexibility index (Phi) is 8.06. The van der Waals surface area contributed by atoms with E-state index in [4.69, 9.17) is 14.2 Å². The summed E-state index contributed by atoms with van der Waals surface area (Å²) in [7, 11) is -2.24. The maximum Gasteiger partial charge on any atom is 0.321 e. The van der Waals surface area contributed by atoms with E-state index in [1.54, 1.807) is 24.6 Å². The number of methoxy groups -OCH3 is 1. The van der Waals surface area contributed by atoms with Gasteiger partial charge in [-0.1, -0.05) is 6.07 Å². The van der Waals surface area contributed by atoms with Gasteiger partial charge in [0, 0.05) is 10.9 Å². The lowest BCUT2D eigenvalue weighted by Crippen LogP contribution is -2.30. The number of nitrogens with one attached hydrogen (secondary N) is 1. The number of hydrogen-bond donors (Lipinski definition) is 1. The van der Waals surface area contributed by atoms with Gasteiger partial charge in [-0.15, -0.1) is 11.3 Å². The molecule has 0 aliphatic rings. The number of esters is 1. The Hall–Kier alpha value is -2.95. The van der Waals surface area contributed by atoms with Crippen molar-refractivity contribution in [3.05, 3.63) is 58.6 Å². The quantitative estimate of drug-likeness (QED) is 0.431. The van der Waals surface area contributed by atoms with E-state index in [-0.39, 0.29) is 11.5 Å². The lowest BCUT2D eigenvalue weighted by Gasteiger charge is -2.10. The van der Waals surface area contributed by atoms with Crippen LogP contribution in [0.15, 0.2) is 46.7 Å². The van der Waals surface area contributed by atoms with Crippen molar-refractivity contribution in [1.29, 1.82) is 0 Å². The summed E-state index contributed by atoms with van der Waals surface area (Å²) in [6.07, 6.45) is 0. The average molecular weight is 491 g/mol. The largest absolute Gasteiger partial charge is 0.493 e. The number of aromatic nitrogens is 1. The number of rotatable bonds is 10. The predicted octanol–water partition coefficient (Wildman–Crippen LogP) is 3.86. The van der Waals surface area contributed by atoms with E-state index in [1.807, 2.05) is 39.0 Å². The SMILES string of the molecule is CCOc1ccc(-c2nc(COC(=O)CNS(=O)(=O)c3ccc(C)c(C)c3)cs2)cc1OC. The molecule has 2 aromatic carbocycles. The van der Waals surface area contributed by atoms with Crippen LogP contribution in [0.3, 0.4) is 0 Å². The van der Waals surface area contributed by atoms with E-state index in [2.05, 4.69) is 9.71 Å². The van der Waals surface area contributed by atoms with Crippen molar-refractivity contribution in [3.63, 3.8) is 0 Å². The molecule has 0 saturated heterocycles. The zero-order valence-corrected chi connectivity index (χ0v) is 20.5. The van der Waals surface area contributed by atoms with Crippen LogP contribution in [0.2, 0.25) is 0 Å². The zero-order chi connectivity index (χ0) is 24.0. The maximum atomic E-state index is 12.4. The molecule has 0 unspecified atom stereocenters. The number of thiazole rings is 1. The Morgan fingerprint density at radius 3 is 2.58 bits per heavy atom. The second-order valence-corrected chi connectivity index (χ2v) is 9.80. The maximum absolute atomic E-state index is 12.4. The van der Waals surface area contributed by atoms with E-state index in [0.29, 0.717) is 23.8 Å². The van der Waals surface area contributed by atoms with Gasteiger partial charge in [0.25, 0.3) is 0 Å². The van der Waals surface area contributed by atoms with Crippen LogP contribution >= 0.6 is 11.3 Å². The molecule has 0 saturated carbocycles. The van der Waals surface area contributed by atoms with Gasteiger partial charge in [-0.3, -0.25) is 4.79 Å². The highest BCUT2D eigenvalue weighted by molar-refractivity contribution is 7.89. The summed E-state index contributed by atoms with van der Waals surface area (Å²) >= 11 is 1.40. The van der Waals surface area contributed by atoms with Crippen molar-refractivity contribution < 1.29 is 27.4 Å². The van der Waals surface area contributed by atoms with Crippen LogP contribution in [0.5, 0.6) is 11.5 Å². The number of aryl methyl sites for hydroxylation is 2. The summed E-state index contributed by atoms with van der Waals surface area (Å²) in [5, 5.41) is 2.52. The molecule has 0 aliphatic heterocycles. The Morgan fingerprint density at radius 1 is 1.09 bits per heavy atom. The van der Waals surface area contributed by atoms with Crippen LogP contribution in [-0.4, -0.2) is 39.6 Å². The lowest BCUT2D eigenvalue weighted by molar-refractivity contribution is -0.143. The first-order chi connectivity index (χ1) is 15.7. The molecule has 10 heteroatoms. The molecule has 8 nitrogen and oxygen atoms in total. The molecule has 3 aromatic rings. The summed E-state index contributed by atoms with van der Waals surface area (Å²) in [4.78, 5) is 16.7. The first-order valence-corrected chi connectivity index (χ1v) is 12.6. The minimum atomic E-state index is -3.81. The molecule has 0 bridgehead atoms. The highest BCUT2D eigenvalue weighted by Gasteiger charge is 2.17. The molecule has 176 valence electrons. The van der Waals surface area contributed by atoms with Gasteiger partial charge in [0.2, 0.25) is 10.0 Å². The molecule has 1 heterocycles. The molecule has 0 fully saturated rings. The Balaban J connectivity index is 1.57. The Morgan fingerprint density at radius 2 is 1.88 bits per heavy atom. The molecular weight excluding hydrogens is 464 g/mol. The molecule has 0 spiro atoms. The summed E-state index contributed by atoms with van der Waals surface area (Å²) in [6, 6.07) is 10.3. The van der Waals surface area contributed by atoms with Crippen molar-refractivity contribution in [2.75, 3.05) is 20.3 Å². The smallest absolute Gasteiger partial charge is 0.321 e. The fraction of sp³-hybridized carbons (Fsp3) is 0.304. The topological polar surface area (TPSA) is 104 Å². The van der Waals surface area contributed by atoms with Gasteiger partial charge >= 0.3 is 5.97 Å². The Labute approximate surface area is 197 Å². The first-order valence-electron chi connectivity index (χ1n) is 10.2. The molecule has 33 heavy (non-hydrogen) atoms. The van der Waals surface area contributed by atoms with Crippen molar-refractivity contribution in [3.8, 4) is 22.1 Å². The molecule has 0 radical (unpaired) electrons. The van der Waals surface area contributed by atoms with E-state index >= 15 is 0 Å². The Bertz CT molecular complexity index is 1240. The minimum absolute atomic E-state index is 0.0606. The van der Waals surface area contributed by atoms with Crippen LogP contribution in [-0.2, 0) is 26.2 Å². The summed E-state index contributed by atoms with van der Waals surface area (Å²) < 4.78 is 43.2. The number of hydrogen-bond acceptors (Lipinski definition) is 8. The standard InChI is InChI=1S/C23H26N2O6S2/c1-5-30-20-9-7-17(11-21(20)29-4)23-25-18(14-32-23)13-31-22(26)12-24-33(27,28)19-8-6-15(2)16(3)10-19/h6-11,14,24H,5,12-13H2,1-4H3. The van der Waals surface area contributed by atoms with Crippen molar-refractivity contribution in [1.82, 2.24) is 9.71 Å². The zero-order valence-electron chi connectivity index (χ0n) is 18.9. The molecular formula is C23H26N2O6S2. The van der Waals surface area contributed by atoms with Gasteiger partial charge in [-0.25, -0.2) is 13.4 Å². The van der Waals surface area contributed by atoms with Crippen molar-refractivity contribution in [2.24, 2.45) is 0 Å². The van der Waals surface area contributed by atoms with Crippen LogP contribution in [0.4, 0.5) is 0 Å². The normalized spacial score (nSPS) is 11.3. The van der Waals surface area contributed by atoms with Crippen molar-refractivity contribution >= 4 is 27.3 Å². The van der Waals surface area contributed by atoms with E-state index in [9.17, 15) is 13.2 Å². The third kappa shape index (κ3) is 6.31. The van der Waals surface area contributed by atoms with Crippen LogP contribution < -0.4 is 14.2 Å². The van der Waals surface area contributed by atoms with Gasteiger partial charge in [-0.05, 0) is 62.2 Å². The van der Waals surface area contributed by atoms with Crippen LogP contribution in [0.25, 0.3) is 10.6 Å². The highest BCUT2D eigenvalue weighted by Crippen LogP contribution is 2.33. The average Bonchev–Trinajstić information content (AvgIpc) is 3.27. The number of carbonyl (C=O) groups excluding carboxylic acids is 1. The predicted molar refractivity (Wildman–Crippen MR) is 126 cm³/mol. The molecule has 1 aromatic heterocycles. The van der Waals surface area contributed by atoms with Gasteiger partial charge in [0.05, 0.1) is 24.3 Å². The molecule has 3 rings (SSSR count). The van der Waals surface area contributed by atoms with Crippen LogP contribution in [0, 0.1) is 13.8 Å². The second kappa shape index (κ2) is 10.8. The number of ether oxygens (including phenoxy) is 3. The first kappa shape index (κ1) is 24.7. The van der Waals surface area contributed by atoms with Gasteiger partial charge in [0.15, 0.2) is 11.5 Å². The second-order valence-electron chi connectivity index (χ2n) is 7.17. The van der Waals surface area contributed by atoms with Crippen molar-refractivity contribution in [2.45, 2.75) is 32.3 Å². The third-order valence-corrected chi connectivity index (χ3v) is 7.18. The van der Waals surface area contributed by atoms with Crippen LogP contribution in [0.1, 0.15) is 23.7 Å². The van der Waals surface area contributed by atoms with E-state index in [1.165, 1.54) is 17.4 Å². The lowest BCUT2D eigenvalue weighted by atomic mass is 10.1. The molecule has 0 aliphatic carbocycles. The minimum Gasteiger partial charge on any atom is -0.493 e. The summed E-state index contributed by atoms with van der Waals surface area (Å²) in [6.45, 7) is 5.62. The monoisotopic (exact) mass is 490 g/mol. The van der Waals surface area contributed by atoms with Gasteiger partial charge in [-0.2, -0.15) is 4.72 Å². The fourth-order valence-corrected chi connectivity index (χ4v) is 4.76. The fourth-order valence-electron chi connectivity index (χ4n) is 2.91. The molecule has 0 atom stereocenters. The number of carbonyl (C=O) groups is 1. The highest BCUT2D eigenvalue weighted by atomic mass is 32.2. The number of benzene rings is 2. The summed E-state index contributed by atoms with van der Waals surface area (Å²) in [5.74, 6) is 0.561. The molecule has 0 amide bonds. The van der Waals surface area contributed by atoms with Gasteiger partial charge < -0.3 is 14.2 Å². The van der Waals surface area contributed by atoms with E-state index < -0.39 is 22.5 Å². The number of sulfonamides is 1. The third-order valence-electron chi connectivity index (χ3n) is 4.84. The van der Waals surface area contributed by atoms with E-state index in [0.717, 1.165) is 21.7 Å². The summed E-state index contributed by atoms with van der Waals surface area (Å²) in [5.41, 5.74) is 3.25. The number of nitrogens with zero attached hydrogens (tertiary/aromatic N) is 1. The molecule has 1 N–H and O–H groups in total.